The van der Waals surface area contributed by atoms with E-state index in [4.69, 9.17) is 4.74 Å². The highest BCUT2D eigenvalue weighted by molar-refractivity contribution is 5.67. The Morgan fingerprint density at radius 1 is 1.16 bits per heavy atom. The molecule has 0 radical (unpaired) electrons. The van der Waals surface area contributed by atoms with Crippen molar-refractivity contribution in [3.8, 4) is 0 Å². The van der Waals surface area contributed by atoms with Crippen LogP contribution in [-0.2, 0) is 17.8 Å². The number of carbonyl (C=O) groups is 1. The molecule has 1 amide bonds. The minimum absolute atomic E-state index is 0.367. The van der Waals surface area contributed by atoms with Crippen LogP contribution >= 0.6 is 0 Å². The molecule has 0 saturated heterocycles. The predicted molar refractivity (Wildman–Crippen MR) is 102 cm³/mol. The van der Waals surface area contributed by atoms with Gasteiger partial charge in [0, 0.05) is 19.1 Å². The Hall–Kier alpha value is -1.55. The smallest absolute Gasteiger partial charge is 0.407 e. The fraction of sp³-hybridized carbons (Fsp3) is 0.667. The lowest BCUT2D eigenvalue weighted by Gasteiger charge is -2.29. The molecule has 4 heteroatoms. The van der Waals surface area contributed by atoms with E-state index in [1.165, 1.54) is 37.7 Å². The van der Waals surface area contributed by atoms with E-state index in [2.05, 4.69) is 35.8 Å². The lowest BCUT2D eigenvalue weighted by Crippen LogP contribution is -2.34. The van der Waals surface area contributed by atoms with Crippen LogP contribution in [0.1, 0.15) is 70.9 Å². The van der Waals surface area contributed by atoms with Gasteiger partial charge < -0.3 is 15.4 Å². The number of nitrogens with one attached hydrogen (secondary N) is 2. The van der Waals surface area contributed by atoms with Crippen molar-refractivity contribution in [3.05, 3.63) is 35.4 Å². The molecule has 0 aliphatic heterocycles. The van der Waals surface area contributed by atoms with E-state index < -0.39 is 5.60 Å². The Morgan fingerprint density at radius 2 is 1.84 bits per heavy atom. The molecule has 1 aromatic carbocycles. The molecule has 2 atom stereocenters. The molecule has 1 saturated carbocycles. The fourth-order valence-corrected chi connectivity index (χ4v) is 3.49. The molecule has 2 unspecified atom stereocenters. The largest absolute Gasteiger partial charge is 0.444 e. The maximum absolute atomic E-state index is 11.9. The van der Waals surface area contributed by atoms with Gasteiger partial charge in [-0.2, -0.15) is 0 Å². The first kappa shape index (κ1) is 19.8. The van der Waals surface area contributed by atoms with E-state index in [0.717, 1.165) is 18.0 Å². The number of carbonyl (C=O) groups excluding carboxylic acids is 1. The summed E-state index contributed by atoms with van der Waals surface area (Å²) in [4.78, 5) is 11.9. The van der Waals surface area contributed by atoms with Crippen LogP contribution in [0.25, 0.3) is 0 Å². The normalized spacial score (nSPS) is 21.0. The summed E-state index contributed by atoms with van der Waals surface area (Å²) < 4.78 is 5.31. The first-order chi connectivity index (χ1) is 11.9. The molecular formula is C21H34N2O2. The lowest BCUT2D eigenvalue weighted by molar-refractivity contribution is 0.0523. The highest BCUT2D eigenvalue weighted by Crippen LogP contribution is 2.26. The molecule has 1 aliphatic carbocycles. The second kappa shape index (κ2) is 9.23. The molecule has 1 aromatic rings. The number of rotatable bonds is 6. The standard InChI is InChI=1S/C21H34N2O2/c1-5-16-9-8-12-19(13-16)22-14-17-10-6-7-11-18(17)15-23-20(24)25-21(2,3)4/h6-7,10-11,16,19,22H,5,8-9,12-15H2,1-4H3,(H,23,24). The average molecular weight is 347 g/mol. The minimum Gasteiger partial charge on any atom is -0.444 e. The summed E-state index contributed by atoms with van der Waals surface area (Å²) in [5.74, 6) is 0.871. The van der Waals surface area contributed by atoms with Crippen LogP contribution in [0, 0.1) is 5.92 Å². The van der Waals surface area contributed by atoms with Crippen LogP contribution < -0.4 is 10.6 Å². The molecule has 0 bridgehead atoms. The zero-order valence-electron chi connectivity index (χ0n) is 16.2. The summed E-state index contributed by atoms with van der Waals surface area (Å²) in [7, 11) is 0. The van der Waals surface area contributed by atoms with Gasteiger partial charge in [-0.05, 0) is 50.7 Å². The maximum atomic E-state index is 11.9. The van der Waals surface area contributed by atoms with E-state index in [1.54, 1.807) is 0 Å². The monoisotopic (exact) mass is 346 g/mol. The Balaban J connectivity index is 1.86. The molecule has 140 valence electrons. The fourth-order valence-electron chi connectivity index (χ4n) is 3.49. The number of alkyl carbamates (subject to hydrolysis) is 1. The Kier molecular flexibility index (Phi) is 7.30. The molecule has 4 nitrogen and oxygen atoms in total. The van der Waals surface area contributed by atoms with Crippen LogP contribution in [0.2, 0.25) is 0 Å². The maximum Gasteiger partial charge on any atom is 0.407 e. The number of hydrogen-bond donors (Lipinski definition) is 2. The van der Waals surface area contributed by atoms with Gasteiger partial charge in [0.25, 0.3) is 0 Å². The summed E-state index contributed by atoms with van der Waals surface area (Å²) >= 11 is 0. The predicted octanol–water partition coefficient (Wildman–Crippen LogP) is 4.77. The summed E-state index contributed by atoms with van der Waals surface area (Å²) in [6.07, 6.45) is 6.19. The van der Waals surface area contributed by atoms with Gasteiger partial charge in [0.1, 0.15) is 5.60 Å². The van der Waals surface area contributed by atoms with Crippen molar-refractivity contribution in [1.82, 2.24) is 10.6 Å². The highest BCUT2D eigenvalue weighted by atomic mass is 16.6. The van der Waals surface area contributed by atoms with Gasteiger partial charge in [-0.15, -0.1) is 0 Å². The van der Waals surface area contributed by atoms with Gasteiger partial charge in [0.05, 0.1) is 0 Å². The van der Waals surface area contributed by atoms with Crippen LogP contribution in [0.15, 0.2) is 24.3 Å². The Bertz CT molecular complexity index is 551. The molecule has 1 aliphatic rings. The van der Waals surface area contributed by atoms with E-state index >= 15 is 0 Å². The van der Waals surface area contributed by atoms with Gasteiger partial charge in [-0.3, -0.25) is 0 Å². The van der Waals surface area contributed by atoms with Gasteiger partial charge >= 0.3 is 6.09 Å². The SMILES string of the molecule is CCC1CCCC(NCc2ccccc2CNC(=O)OC(C)(C)C)C1. The van der Waals surface area contributed by atoms with Gasteiger partial charge in [-0.25, -0.2) is 4.79 Å². The summed E-state index contributed by atoms with van der Waals surface area (Å²) in [6, 6.07) is 8.90. The second-order valence-electron chi connectivity index (χ2n) is 8.14. The summed E-state index contributed by atoms with van der Waals surface area (Å²) in [5.41, 5.74) is 1.92. The Morgan fingerprint density at radius 3 is 2.48 bits per heavy atom. The van der Waals surface area contributed by atoms with Crippen molar-refractivity contribution in [2.75, 3.05) is 0 Å². The number of benzene rings is 1. The first-order valence-electron chi connectivity index (χ1n) is 9.64. The lowest BCUT2D eigenvalue weighted by atomic mass is 9.84. The van der Waals surface area contributed by atoms with Gasteiger partial charge in [0.15, 0.2) is 0 Å². The minimum atomic E-state index is -0.470. The molecule has 2 N–H and O–H groups in total. The second-order valence-corrected chi connectivity index (χ2v) is 8.14. The quantitative estimate of drug-likeness (QED) is 0.780. The molecule has 1 fully saturated rings. The topological polar surface area (TPSA) is 50.4 Å². The summed E-state index contributed by atoms with van der Waals surface area (Å²) in [6.45, 7) is 9.27. The van der Waals surface area contributed by atoms with Gasteiger partial charge in [0.2, 0.25) is 0 Å². The Labute approximate surface area is 152 Å². The van der Waals surface area contributed by atoms with Crippen molar-refractivity contribution in [1.29, 1.82) is 0 Å². The average Bonchev–Trinajstić information content (AvgIpc) is 2.57. The van der Waals surface area contributed by atoms with Crippen LogP contribution in [0.4, 0.5) is 4.79 Å². The van der Waals surface area contributed by atoms with Crippen molar-refractivity contribution in [3.63, 3.8) is 0 Å². The molecule has 25 heavy (non-hydrogen) atoms. The number of amides is 1. The van der Waals surface area contributed by atoms with E-state index in [9.17, 15) is 4.79 Å². The summed E-state index contributed by atoms with van der Waals surface area (Å²) in [5, 5.41) is 6.59. The van der Waals surface area contributed by atoms with Crippen molar-refractivity contribution in [2.45, 2.75) is 84.5 Å². The van der Waals surface area contributed by atoms with Gasteiger partial charge in [-0.1, -0.05) is 50.5 Å². The van der Waals surface area contributed by atoms with E-state index in [-0.39, 0.29) is 6.09 Å². The van der Waals surface area contributed by atoms with E-state index in [1.807, 2.05) is 26.8 Å². The zero-order valence-corrected chi connectivity index (χ0v) is 16.2. The third-order valence-electron chi connectivity index (χ3n) is 4.88. The third kappa shape index (κ3) is 7.07. The van der Waals surface area contributed by atoms with E-state index in [0.29, 0.717) is 12.6 Å². The number of hydrogen-bond acceptors (Lipinski definition) is 3. The third-order valence-corrected chi connectivity index (χ3v) is 4.88. The highest BCUT2D eigenvalue weighted by Gasteiger charge is 2.20. The zero-order chi connectivity index (χ0) is 18.3. The molecule has 0 heterocycles. The molecular weight excluding hydrogens is 312 g/mol. The van der Waals surface area contributed by atoms with Crippen molar-refractivity contribution < 1.29 is 9.53 Å². The van der Waals surface area contributed by atoms with Crippen LogP contribution in [0.5, 0.6) is 0 Å². The molecule has 0 aromatic heterocycles. The molecule has 2 rings (SSSR count). The number of ether oxygens (including phenoxy) is 1. The van der Waals surface area contributed by atoms with Crippen LogP contribution in [-0.4, -0.2) is 17.7 Å². The molecule has 0 spiro atoms. The van der Waals surface area contributed by atoms with Crippen molar-refractivity contribution >= 4 is 6.09 Å². The first-order valence-corrected chi connectivity index (χ1v) is 9.64. The van der Waals surface area contributed by atoms with Crippen molar-refractivity contribution in [2.24, 2.45) is 5.92 Å². The van der Waals surface area contributed by atoms with Crippen LogP contribution in [0.3, 0.4) is 0 Å².